The van der Waals surface area contributed by atoms with E-state index in [9.17, 15) is 4.39 Å². The van der Waals surface area contributed by atoms with Gasteiger partial charge in [0.05, 0.1) is 5.38 Å². The minimum absolute atomic E-state index is 0.138. The molecule has 0 fully saturated rings. The summed E-state index contributed by atoms with van der Waals surface area (Å²) in [6.07, 6.45) is 0. The highest BCUT2D eigenvalue weighted by atomic mass is 35.5. The zero-order valence-electron chi connectivity index (χ0n) is 10.1. The van der Waals surface area contributed by atoms with Gasteiger partial charge in [-0.2, -0.15) is 0 Å². The van der Waals surface area contributed by atoms with Crippen molar-refractivity contribution in [3.63, 3.8) is 0 Å². The second kappa shape index (κ2) is 4.79. The van der Waals surface area contributed by atoms with Crippen molar-refractivity contribution in [3.05, 3.63) is 56.5 Å². The summed E-state index contributed by atoms with van der Waals surface area (Å²) >= 11 is 8.11. The molecule has 0 aliphatic carbocycles. The topological polar surface area (TPSA) is 0 Å². The summed E-state index contributed by atoms with van der Waals surface area (Å²) in [5.74, 6) is -0.138. The Kier molecular flexibility index (Phi) is 3.55. The van der Waals surface area contributed by atoms with E-state index >= 15 is 0 Å². The third-order valence-corrected chi connectivity index (χ3v) is 4.57. The maximum Gasteiger partial charge on any atom is 0.129 e. The fourth-order valence-electron chi connectivity index (χ4n) is 1.92. The highest BCUT2D eigenvalue weighted by Gasteiger charge is 2.16. The predicted octanol–water partition coefficient (Wildman–Crippen LogP) is 5.14. The molecule has 0 amide bonds. The van der Waals surface area contributed by atoms with Gasteiger partial charge in [0.1, 0.15) is 5.82 Å². The largest absolute Gasteiger partial charge is 0.206 e. The number of aryl methyl sites for hydroxylation is 3. The van der Waals surface area contributed by atoms with Crippen molar-refractivity contribution in [2.75, 3.05) is 0 Å². The lowest BCUT2D eigenvalue weighted by atomic mass is 10.0. The van der Waals surface area contributed by atoms with Crippen molar-refractivity contribution in [2.24, 2.45) is 0 Å². The smallest absolute Gasteiger partial charge is 0.129 e. The monoisotopic (exact) mass is 268 g/mol. The van der Waals surface area contributed by atoms with Gasteiger partial charge < -0.3 is 0 Å². The molecule has 3 heteroatoms. The summed E-state index contributed by atoms with van der Waals surface area (Å²) in [5, 5.41) is 1.84. The number of hydrogen-bond acceptors (Lipinski definition) is 1. The van der Waals surface area contributed by atoms with E-state index in [4.69, 9.17) is 11.6 Å². The molecular weight excluding hydrogens is 255 g/mol. The molecule has 17 heavy (non-hydrogen) atoms. The molecule has 2 rings (SSSR count). The highest BCUT2D eigenvalue weighted by molar-refractivity contribution is 7.10. The van der Waals surface area contributed by atoms with E-state index in [0.29, 0.717) is 11.1 Å². The number of alkyl halides is 1. The maximum atomic E-state index is 13.6. The van der Waals surface area contributed by atoms with Gasteiger partial charge in [0, 0.05) is 4.88 Å². The van der Waals surface area contributed by atoms with Crippen LogP contribution in [0.2, 0.25) is 0 Å². The van der Waals surface area contributed by atoms with Gasteiger partial charge >= 0.3 is 0 Å². The lowest BCUT2D eigenvalue weighted by Crippen LogP contribution is -1.97. The first kappa shape index (κ1) is 12.6. The molecule has 0 aliphatic heterocycles. The summed E-state index contributed by atoms with van der Waals surface area (Å²) in [5.41, 5.74) is 3.46. The third-order valence-electron chi connectivity index (χ3n) is 2.88. The first-order valence-electron chi connectivity index (χ1n) is 5.45. The molecule has 0 bridgehead atoms. The lowest BCUT2D eigenvalue weighted by Gasteiger charge is -2.12. The van der Waals surface area contributed by atoms with Gasteiger partial charge in [-0.05, 0) is 54.5 Å². The molecule has 90 valence electrons. The average Bonchev–Trinajstić information content (AvgIpc) is 2.70. The Hall–Kier alpha value is -0.860. The van der Waals surface area contributed by atoms with Gasteiger partial charge in [-0.3, -0.25) is 0 Å². The Labute approximate surface area is 110 Å². The predicted molar refractivity (Wildman–Crippen MR) is 72.6 cm³/mol. The van der Waals surface area contributed by atoms with E-state index in [2.05, 4.69) is 6.07 Å². The van der Waals surface area contributed by atoms with Gasteiger partial charge in [0.25, 0.3) is 0 Å². The third kappa shape index (κ3) is 2.38. The van der Waals surface area contributed by atoms with Crippen LogP contribution in [0.3, 0.4) is 0 Å². The first-order valence-corrected chi connectivity index (χ1v) is 6.77. The van der Waals surface area contributed by atoms with Crippen molar-refractivity contribution in [3.8, 4) is 0 Å². The molecule has 0 radical (unpaired) electrons. The standard InChI is InChI=1S/C14H14ClFS/c1-8-4-5-17-14(8)12(15)11-6-9(2)13(16)10(3)7-11/h4-7,12H,1-3H3. The van der Waals surface area contributed by atoms with E-state index < -0.39 is 0 Å². The van der Waals surface area contributed by atoms with Gasteiger partial charge in [-0.25, -0.2) is 4.39 Å². The van der Waals surface area contributed by atoms with Gasteiger partial charge in [-0.15, -0.1) is 22.9 Å². The highest BCUT2D eigenvalue weighted by Crippen LogP contribution is 2.35. The zero-order chi connectivity index (χ0) is 12.6. The Morgan fingerprint density at radius 3 is 2.18 bits per heavy atom. The van der Waals surface area contributed by atoms with E-state index in [0.717, 1.165) is 10.4 Å². The fraction of sp³-hybridized carbons (Fsp3) is 0.286. The van der Waals surface area contributed by atoms with Crippen LogP contribution in [0.4, 0.5) is 4.39 Å². The van der Waals surface area contributed by atoms with Crippen molar-refractivity contribution in [2.45, 2.75) is 26.1 Å². The first-order chi connectivity index (χ1) is 8.00. The number of halogens is 2. The minimum atomic E-state index is -0.187. The number of rotatable bonds is 2. The van der Waals surface area contributed by atoms with Crippen molar-refractivity contribution in [1.29, 1.82) is 0 Å². The van der Waals surface area contributed by atoms with Crippen molar-refractivity contribution < 1.29 is 4.39 Å². The van der Waals surface area contributed by atoms with E-state index in [1.54, 1.807) is 25.2 Å². The van der Waals surface area contributed by atoms with E-state index in [1.165, 1.54) is 5.56 Å². The Balaban J connectivity index is 2.45. The number of hydrogen-bond donors (Lipinski definition) is 0. The fourth-order valence-corrected chi connectivity index (χ4v) is 3.30. The molecule has 0 saturated carbocycles. The molecule has 1 atom stereocenters. The molecule has 1 unspecified atom stereocenters. The molecular formula is C14H14ClFS. The normalized spacial score (nSPS) is 12.8. The van der Waals surface area contributed by atoms with Crippen LogP contribution < -0.4 is 0 Å². The van der Waals surface area contributed by atoms with Gasteiger partial charge in [0.15, 0.2) is 0 Å². The Bertz CT molecular complexity index is 522. The average molecular weight is 269 g/mol. The van der Waals surface area contributed by atoms with Gasteiger partial charge in [-0.1, -0.05) is 12.1 Å². The second-order valence-electron chi connectivity index (χ2n) is 4.30. The molecule has 1 aromatic carbocycles. The van der Waals surface area contributed by atoms with Crippen LogP contribution in [0.15, 0.2) is 23.6 Å². The van der Waals surface area contributed by atoms with Crippen LogP contribution in [0.1, 0.15) is 32.5 Å². The number of thiophene rings is 1. The van der Waals surface area contributed by atoms with Crippen LogP contribution in [0.5, 0.6) is 0 Å². The summed E-state index contributed by atoms with van der Waals surface area (Å²) in [6.45, 7) is 5.60. The van der Waals surface area contributed by atoms with Crippen LogP contribution >= 0.6 is 22.9 Å². The molecule has 1 heterocycles. The van der Waals surface area contributed by atoms with Crippen LogP contribution in [-0.4, -0.2) is 0 Å². The van der Waals surface area contributed by atoms with Gasteiger partial charge in [0.2, 0.25) is 0 Å². The van der Waals surface area contributed by atoms with E-state index in [1.807, 2.05) is 24.4 Å². The molecule has 0 N–H and O–H groups in total. The molecule has 0 nitrogen and oxygen atoms in total. The second-order valence-corrected chi connectivity index (χ2v) is 5.68. The maximum absolute atomic E-state index is 13.6. The van der Waals surface area contributed by atoms with Crippen LogP contribution in [-0.2, 0) is 0 Å². The zero-order valence-corrected chi connectivity index (χ0v) is 11.6. The quantitative estimate of drug-likeness (QED) is 0.662. The van der Waals surface area contributed by atoms with E-state index in [-0.39, 0.29) is 11.2 Å². The summed E-state index contributed by atoms with van der Waals surface area (Å²) < 4.78 is 13.6. The molecule has 0 aliphatic rings. The lowest BCUT2D eigenvalue weighted by molar-refractivity contribution is 0.608. The van der Waals surface area contributed by atoms with Crippen molar-refractivity contribution >= 4 is 22.9 Å². The van der Waals surface area contributed by atoms with Crippen LogP contribution in [0.25, 0.3) is 0 Å². The summed E-state index contributed by atoms with van der Waals surface area (Å²) in [4.78, 5) is 1.14. The summed E-state index contributed by atoms with van der Waals surface area (Å²) in [7, 11) is 0. The van der Waals surface area contributed by atoms with Crippen LogP contribution in [0, 0.1) is 26.6 Å². The minimum Gasteiger partial charge on any atom is -0.206 e. The van der Waals surface area contributed by atoms with Crippen molar-refractivity contribution in [1.82, 2.24) is 0 Å². The molecule has 1 aromatic heterocycles. The molecule has 0 saturated heterocycles. The SMILES string of the molecule is Cc1ccsc1C(Cl)c1cc(C)c(F)c(C)c1. The molecule has 0 spiro atoms. The Morgan fingerprint density at radius 1 is 1.12 bits per heavy atom. The number of benzene rings is 1. The summed E-state index contributed by atoms with van der Waals surface area (Å²) in [6, 6.07) is 5.72. The Morgan fingerprint density at radius 2 is 1.71 bits per heavy atom. The molecule has 2 aromatic rings.